The number of aliphatic carboxylic acids is 1. The second kappa shape index (κ2) is 5.12. The van der Waals surface area contributed by atoms with Crippen molar-refractivity contribution in [2.75, 3.05) is 6.54 Å². The van der Waals surface area contributed by atoms with E-state index in [4.69, 9.17) is 10.8 Å². The summed E-state index contributed by atoms with van der Waals surface area (Å²) in [7, 11) is 0. The summed E-state index contributed by atoms with van der Waals surface area (Å²) in [6.07, 6.45) is 0.0686. The minimum atomic E-state index is -0.823. The number of carboxylic acids is 1. The lowest BCUT2D eigenvalue weighted by Crippen LogP contribution is -2.16. The predicted octanol–water partition coefficient (Wildman–Crippen LogP) is 1.97. The number of carboxylic acid groups (broad SMARTS) is 1. The molecule has 1 rings (SSSR count). The van der Waals surface area contributed by atoms with Crippen LogP contribution in [0.3, 0.4) is 0 Å². The van der Waals surface area contributed by atoms with Crippen LogP contribution < -0.4 is 5.73 Å². The lowest BCUT2D eigenvalue weighted by Gasteiger charge is -2.14. The molecule has 14 heavy (non-hydrogen) atoms. The fraction of sp³-hybridized carbons (Fsp3) is 0.300. The zero-order valence-electron chi connectivity index (χ0n) is 7.61. The van der Waals surface area contributed by atoms with Crippen LogP contribution in [0, 0.1) is 0 Å². The number of hydrogen-bond donors (Lipinski definition) is 2. The second-order valence-electron chi connectivity index (χ2n) is 3.05. The van der Waals surface area contributed by atoms with Gasteiger partial charge in [0.15, 0.2) is 0 Å². The monoisotopic (exact) mass is 257 g/mol. The van der Waals surface area contributed by atoms with Gasteiger partial charge in [-0.2, -0.15) is 0 Å². The van der Waals surface area contributed by atoms with E-state index in [2.05, 4.69) is 15.9 Å². The minimum Gasteiger partial charge on any atom is -0.481 e. The van der Waals surface area contributed by atoms with Crippen LogP contribution in [0.25, 0.3) is 0 Å². The molecule has 1 atom stereocenters. The maximum Gasteiger partial charge on any atom is 0.304 e. The van der Waals surface area contributed by atoms with E-state index in [-0.39, 0.29) is 12.3 Å². The van der Waals surface area contributed by atoms with Gasteiger partial charge in [-0.3, -0.25) is 4.79 Å². The Balaban J connectivity index is 2.89. The van der Waals surface area contributed by atoms with Crippen LogP contribution in [0.15, 0.2) is 28.7 Å². The molecule has 0 heterocycles. The SMILES string of the molecule is NCC(CC(=O)O)c1ccccc1Br. The van der Waals surface area contributed by atoms with Gasteiger partial charge in [-0.15, -0.1) is 0 Å². The van der Waals surface area contributed by atoms with E-state index in [0.29, 0.717) is 6.54 Å². The van der Waals surface area contributed by atoms with E-state index in [1.165, 1.54) is 0 Å². The lowest BCUT2D eigenvalue weighted by atomic mass is 9.96. The fourth-order valence-corrected chi connectivity index (χ4v) is 1.95. The molecular formula is C10H12BrNO2. The van der Waals surface area contributed by atoms with Crippen molar-refractivity contribution in [1.29, 1.82) is 0 Å². The van der Waals surface area contributed by atoms with Crippen molar-refractivity contribution in [2.45, 2.75) is 12.3 Å². The van der Waals surface area contributed by atoms with Crippen molar-refractivity contribution in [3.8, 4) is 0 Å². The van der Waals surface area contributed by atoms with Gasteiger partial charge in [0, 0.05) is 10.4 Å². The number of rotatable bonds is 4. The third kappa shape index (κ3) is 2.82. The normalized spacial score (nSPS) is 12.4. The van der Waals surface area contributed by atoms with E-state index < -0.39 is 5.97 Å². The molecule has 0 aliphatic carbocycles. The summed E-state index contributed by atoms with van der Waals surface area (Å²) in [5, 5.41) is 8.70. The van der Waals surface area contributed by atoms with Gasteiger partial charge in [0.05, 0.1) is 6.42 Å². The molecule has 0 fully saturated rings. The van der Waals surface area contributed by atoms with Crippen molar-refractivity contribution in [3.63, 3.8) is 0 Å². The van der Waals surface area contributed by atoms with Gasteiger partial charge in [-0.1, -0.05) is 34.1 Å². The van der Waals surface area contributed by atoms with Gasteiger partial charge in [0.2, 0.25) is 0 Å². The molecule has 1 aromatic carbocycles. The molecular weight excluding hydrogens is 246 g/mol. The molecule has 1 unspecified atom stereocenters. The smallest absolute Gasteiger partial charge is 0.304 e. The van der Waals surface area contributed by atoms with E-state index in [0.717, 1.165) is 10.0 Å². The highest BCUT2D eigenvalue weighted by atomic mass is 79.9. The zero-order chi connectivity index (χ0) is 10.6. The molecule has 0 aliphatic heterocycles. The Morgan fingerprint density at radius 1 is 1.50 bits per heavy atom. The molecule has 4 heteroatoms. The fourth-order valence-electron chi connectivity index (χ4n) is 1.34. The summed E-state index contributed by atoms with van der Waals surface area (Å²) in [6, 6.07) is 7.55. The highest BCUT2D eigenvalue weighted by Gasteiger charge is 2.15. The first-order valence-electron chi connectivity index (χ1n) is 4.31. The molecule has 0 saturated carbocycles. The summed E-state index contributed by atoms with van der Waals surface area (Å²) in [6.45, 7) is 0.342. The molecule has 76 valence electrons. The highest BCUT2D eigenvalue weighted by molar-refractivity contribution is 9.10. The average Bonchev–Trinajstić information content (AvgIpc) is 2.15. The molecule has 3 N–H and O–H groups in total. The summed E-state index contributed by atoms with van der Waals surface area (Å²) in [4.78, 5) is 10.6. The molecule has 0 saturated heterocycles. The molecule has 0 radical (unpaired) electrons. The Bertz CT molecular complexity index is 328. The average molecular weight is 258 g/mol. The second-order valence-corrected chi connectivity index (χ2v) is 3.91. The molecule has 0 amide bonds. The van der Waals surface area contributed by atoms with Crippen LogP contribution in [0.5, 0.6) is 0 Å². The van der Waals surface area contributed by atoms with Gasteiger partial charge in [-0.05, 0) is 18.2 Å². The van der Waals surface area contributed by atoms with Gasteiger partial charge in [0.1, 0.15) is 0 Å². The summed E-state index contributed by atoms with van der Waals surface area (Å²) in [5.41, 5.74) is 6.49. The predicted molar refractivity (Wildman–Crippen MR) is 58.2 cm³/mol. The topological polar surface area (TPSA) is 63.3 Å². The van der Waals surface area contributed by atoms with Crippen molar-refractivity contribution in [2.24, 2.45) is 5.73 Å². The number of hydrogen-bond acceptors (Lipinski definition) is 2. The summed E-state index contributed by atoms with van der Waals surface area (Å²) >= 11 is 3.38. The van der Waals surface area contributed by atoms with Crippen LogP contribution in [-0.2, 0) is 4.79 Å². The number of benzene rings is 1. The molecule has 3 nitrogen and oxygen atoms in total. The van der Waals surface area contributed by atoms with Crippen molar-refractivity contribution in [3.05, 3.63) is 34.3 Å². The Hall–Kier alpha value is -0.870. The Morgan fingerprint density at radius 2 is 2.14 bits per heavy atom. The zero-order valence-corrected chi connectivity index (χ0v) is 9.20. The van der Waals surface area contributed by atoms with Crippen molar-refractivity contribution >= 4 is 21.9 Å². The molecule has 1 aromatic rings. The van der Waals surface area contributed by atoms with E-state index in [1.807, 2.05) is 24.3 Å². The van der Waals surface area contributed by atoms with Crippen molar-refractivity contribution < 1.29 is 9.90 Å². The first-order chi connectivity index (χ1) is 6.65. The standard InChI is InChI=1S/C10H12BrNO2/c11-9-4-2-1-3-8(9)7(6-12)5-10(13)14/h1-4,7H,5-6,12H2,(H,13,14). The Labute approximate surface area is 91.1 Å². The third-order valence-corrected chi connectivity index (χ3v) is 2.77. The van der Waals surface area contributed by atoms with Gasteiger partial charge >= 0.3 is 5.97 Å². The van der Waals surface area contributed by atoms with Gasteiger partial charge in [0.25, 0.3) is 0 Å². The van der Waals surface area contributed by atoms with Crippen LogP contribution >= 0.6 is 15.9 Å². The first kappa shape index (κ1) is 11.2. The molecule has 0 spiro atoms. The first-order valence-corrected chi connectivity index (χ1v) is 5.10. The molecule has 0 bridgehead atoms. The number of halogens is 1. The van der Waals surface area contributed by atoms with Crippen LogP contribution in [-0.4, -0.2) is 17.6 Å². The summed E-state index contributed by atoms with van der Waals surface area (Å²) < 4.78 is 0.914. The minimum absolute atomic E-state index is 0.0686. The van der Waals surface area contributed by atoms with Gasteiger partial charge < -0.3 is 10.8 Å². The maximum atomic E-state index is 10.6. The Kier molecular flexibility index (Phi) is 4.10. The quantitative estimate of drug-likeness (QED) is 0.867. The number of carbonyl (C=O) groups is 1. The largest absolute Gasteiger partial charge is 0.481 e. The summed E-state index contributed by atoms with van der Waals surface area (Å²) in [5.74, 6) is -0.945. The Morgan fingerprint density at radius 3 is 2.64 bits per heavy atom. The highest BCUT2D eigenvalue weighted by Crippen LogP contribution is 2.26. The third-order valence-electron chi connectivity index (χ3n) is 2.05. The van der Waals surface area contributed by atoms with E-state index >= 15 is 0 Å². The van der Waals surface area contributed by atoms with Crippen LogP contribution in [0.2, 0.25) is 0 Å². The van der Waals surface area contributed by atoms with E-state index in [9.17, 15) is 4.79 Å². The van der Waals surface area contributed by atoms with E-state index in [1.54, 1.807) is 0 Å². The van der Waals surface area contributed by atoms with Crippen LogP contribution in [0.4, 0.5) is 0 Å². The van der Waals surface area contributed by atoms with Gasteiger partial charge in [-0.25, -0.2) is 0 Å². The van der Waals surface area contributed by atoms with Crippen molar-refractivity contribution in [1.82, 2.24) is 0 Å². The van der Waals surface area contributed by atoms with Crippen LogP contribution in [0.1, 0.15) is 17.9 Å². The molecule has 0 aliphatic rings. The number of nitrogens with two attached hydrogens (primary N) is 1. The lowest BCUT2D eigenvalue weighted by molar-refractivity contribution is -0.137. The maximum absolute atomic E-state index is 10.6. The molecule has 0 aromatic heterocycles.